The van der Waals surface area contributed by atoms with Crippen molar-refractivity contribution in [1.82, 2.24) is 4.90 Å². The maximum atomic E-state index is 5.73. The van der Waals surface area contributed by atoms with E-state index in [-0.39, 0.29) is 13.0 Å². The third kappa shape index (κ3) is 2.90. The molecule has 0 bridgehead atoms. The van der Waals surface area contributed by atoms with E-state index >= 15 is 0 Å². The first-order chi connectivity index (χ1) is 12.7. The number of fused-ring (bicyclic) bond motifs is 2. The number of anilines is 1. The largest absolute Gasteiger partial charge is 0.494 e. The van der Waals surface area contributed by atoms with E-state index in [0.717, 1.165) is 41.5 Å². The molecule has 2 aromatic carbocycles. The normalized spacial score (nSPS) is 18.3. The van der Waals surface area contributed by atoms with Gasteiger partial charge in [-0.05, 0) is 56.3 Å². The Morgan fingerprint density at radius 3 is 2.77 bits per heavy atom. The van der Waals surface area contributed by atoms with Crippen LogP contribution in [-0.4, -0.2) is 39.0 Å². The lowest BCUT2D eigenvalue weighted by atomic mass is 9.94. The molecule has 0 amide bonds. The van der Waals surface area contributed by atoms with Crippen molar-refractivity contribution in [2.24, 2.45) is 0 Å². The molecule has 4 rings (SSSR count). The van der Waals surface area contributed by atoms with Crippen molar-refractivity contribution < 1.29 is 18.9 Å². The molecule has 1 atom stereocenters. The van der Waals surface area contributed by atoms with Gasteiger partial charge in [0, 0.05) is 17.8 Å². The monoisotopic (exact) mass is 356 g/mol. The zero-order chi connectivity index (χ0) is 18.1. The summed E-state index contributed by atoms with van der Waals surface area (Å²) in [5, 5.41) is 3.62. The summed E-state index contributed by atoms with van der Waals surface area (Å²) in [6.45, 7) is 3.83. The highest BCUT2D eigenvalue weighted by molar-refractivity contribution is 5.63. The van der Waals surface area contributed by atoms with Gasteiger partial charge >= 0.3 is 0 Å². The van der Waals surface area contributed by atoms with E-state index < -0.39 is 0 Å². The fourth-order valence-corrected chi connectivity index (χ4v) is 3.59. The summed E-state index contributed by atoms with van der Waals surface area (Å²) < 4.78 is 22.5. The molecule has 138 valence electrons. The van der Waals surface area contributed by atoms with Crippen LogP contribution in [0.5, 0.6) is 23.0 Å². The molecule has 6 heteroatoms. The standard InChI is InChI=1S/C20H24N2O4/c1-4-24-15-7-5-14(6-8-15)21-20-17-13(9-10-22(20)2)11-16-18(19(17)23-3)26-12-25-16/h5-8,11,20-21H,4,9-10,12H2,1-3H3/t20-/m0/s1. The second-order valence-electron chi connectivity index (χ2n) is 6.45. The van der Waals surface area contributed by atoms with Crippen molar-refractivity contribution in [1.29, 1.82) is 0 Å². The summed E-state index contributed by atoms with van der Waals surface area (Å²) in [4.78, 5) is 2.28. The van der Waals surface area contributed by atoms with Gasteiger partial charge in [-0.25, -0.2) is 0 Å². The van der Waals surface area contributed by atoms with Gasteiger partial charge in [0.2, 0.25) is 12.5 Å². The van der Waals surface area contributed by atoms with Gasteiger partial charge in [0.05, 0.1) is 13.7 Å². The predicted octanol–water partition coefficient (Wildman–Crippen LogP) is 3.42. The Morgan fingerprint density at radius 2 is 2.04 bits per heavy atom. The van der Waals surface area contributed by atoms with E-state index in [9.17, 15) is 0 Å². The molecule has 0 saturated heterocycles. The topological polar surface area (TPSA) is 52.2 Å². The molecule has 2 heterocycles. The number of nitrogens with zero attached hydrogens (tertiary/aromatic N) is 1. The van der Waals surface area contributed by atoms with Crippen LogP contribution in [0, 0.1) is 0 Å². The molecular weight excluding hydrogens is 332 g/mol. The Morgan fingerprint density at radius 1 is 1.23 bits per heavy atom. The zero-order valence-corrected chi connectivity index (χ0v) is 15.4. The zero-order valence-electron chi connectivity index (χ0n) is 15.4. The molecule has 0 radical (unpaired) electrons. The summed E-state index contributed by atoms with van der Waals surface area (Å²) in [5.41, 5.74) is 3.37. The van der Waals surface area contributed by atoms with Crippen LogP contribution in [0.25, 0.3) is 0 Å². The third-order valence-electron chi connectivity index (χ3n) is 4.86. The first kappa shape index (κ1) is 16.8. The molecule has 2 aliphatic heterocycles. The molecule has 0 unspecified atom stereocenters. The minimum absolute atomic E-state index is 0.0128. The highest BCUT2D eigenvalue weighted by Gasteiger charge is 2.33. The fraction of sp³-hybridized carbons (Fsp3) is 0.400. The van der Waals surface area contributed by atoms with Gasteiger partial charge in [0.25, 0.3) is 0 Å². The fourth-order valence-electron chi connectivity index (χ4n) is 3.59. The Balaban J connectivity index is 1.69. The minimum atomic E-state index is -0.0128. The molecular formula is C20H24N2O4. The Hall–Kier alpha value is -2.60. The number of rotatable bonds is 5. The number of benzene rings is 2. The first-order valence-electron chi connectivity index (χ1n) is 8.90. The van der Waals surface area contributed by atoms with Gasteiger partial charge < -0.3 is 24.3 Å². The quantitative estimate of drug-likeness (QED) is 0.886. The van der Waals surface area contributed by atoms with Crippen molar-refractivity contribution in [3.05, 3.63) is 41.5 Å². The lowest BCUT2D eigenvalue weighted by Gasteiger charge is -2.36. The van der Waals surface area contributed by atoms with Crippen molar-refractivity contribution in [3.8, 4) is 23.0 Å². The molecule has 0 aromatic heterocycles. The van der Waals surface area contributed by atoms with Crippen molar-refractivity contribution >= 4 is 5.69 Å². The van der Waals surface area contributed by atoms with Crippen LogP contribution < -0.4 is 24.3 Å². The summed E-state index contributed by atoms with van der Waals surface area (Å²) in [7, 11) is 3.79. The minimum Gasteiger partial charge on any atom is -0.494 e. The predicted molar refractivity (Wildman–Crippen MR) is 99.4 cm³/mol. The molecule has 0 spiro atoms. The molecule has 2 aliphatic rings. The van der Waals surface area contributed by atoms with E-state index in [1.54, 1.807) is 7.11 Å². The average molecular weight is 356 g/mol. The van der Waals surface area contributed by atoms with E-state index in [1.807, 2.05) is 31.2 Å². The van der Waals surface area contributed by atoms with Gasteiger partial charge in [-0.2, -0.15) is 0 Å². The van der Waals surface area contributed by atoms with E-state index in [2.05, 4.69) is 23.3 Å². The average Bonchev–Trinajstić information content (AvgIpc) is 3.12. The molecule has 6 nitrogen and oxygen atoms in total. The maximum absolute atomic E-state index is 5.73. The molecule has 1 N–H and O–H groups in total. The van der Waals surface area contributed by atoms with Crippen LogP contribution in [0.15, 0.2) is 30.3 Å². The second-order valence-corrected chi connectivity index (χ2v) is 6.45. The maximum Gasteiger partial charge on any atom is 0.231 e. The number of nitrogens with one attached hydrogen (secondary N) is 1. The van der Waals surface area contributed by atoms with E-state index in [4.69, 9.17) is 18.9 Å². The summed E-state index contributed by atoms with van der Waals surface area (Å²) in [5.74, 6) is 3.09. The van der Waals surface area contributed by atoms with Gasteiger partial charge in [-0.15, -0.1) is 0 Å². The van der Waals surface area contributed by atoms with Crippen molar-refractivity contribution in [2.75, 3.05) is 39.4 Å². The lowest BCUT2D eigenvalue weighted by molar-refractivity contribution is 0.170. The second kappa shape index (κ2) is 6.96. The smallest absolute Gasteiger partial charge is 0.231 e. The summed E-state index contributed by atoms with van der Waals surface area (Å²) in [6.07, 6.45) is 0.932. The van der Waals surface area contributed by atoms with Crippen molar-refractivity contribution in [2.45, 2.75) is 19.5 Å². The number of likely N-dealkylation sites (N-methyl/N-ethyl adjacent to an activating group) is 1. The van der Waals surface area contributed by atoms with Crippen LogP contribution >= 0.6 is 0 Å². The highest BCUT2D eigenvalue weighted by atomic mass is 16.7. The van der Waals surface area contributed by atoms with E-state index in [0.29, 0.717) is 12.4 Å². The van der Waals surface area contributed by atoms with Gasteiger partial charge in [0.15, 0.2) is 11.5 Å². The van der Waals surface area contributed by atoms with Crippen LogP contribution in [0.1, 0.15) is 24.2 Å². The molecule has 0 aliphatic carbocycles. The third-order valence-corrected chi connectivity index (χ3v) is 4.86. The number of hydrogen-bond acceptors (Lipinski definition) is 6. The van der Waals surface area contributed by atoms with Crippen LogP contribution in [-0.2, 0) is 6.42 Å². The lowest BCUT2D eigenvalue weighted by Crippen LogP contribution is -2.37. The first-order valence-corrected chi connectivity index (χ1v) is 8.90. The number of hydrogen-bond donors (Lipinski definition) is 1. The Kier molecular flexibility index (Phi) is 4.51. The van der Waals surface area contributed by atoms with Crippen LogP contribution in [0.2, 0.25) is 0 Å². The number of ether oxygens (including phenoxy) is 4. The molecule has 26 heavy (non-hydrogen) atoms. The summed E-state index contributed by atoms with van der Waals surface area (Å²) in [6, 6.07) is 10.1. The number of methoxy groups -OCH3 is 1. The van der Waals surface area contributed by atoms with Crippen LogP contribution in [0.4, 0.5) is 5.69 Å². The SMILES string of the molecule is CCOc1ccc(N[C@@H]2c3c(cc4c(c3OC)OCO4)CCN2C)cc1. The van der Waals surface area contributed by atoms with Gasteiger partial charge in [-0.1, -0.05) is 0 Å². The van der Waals surface area contributed by atoms with Gasteiger partial charge in [0.1, 0.15) is 11.9 Å². The highest BCUT2D eigenvalue weighted by Crippen LogP contribution is 2.49. The molecule has 0 fully saturated rings. The van der Waals surface area contributed by atoms with E-state index in [1.165, 1.54) is 5.56 Å². The van der Waals surface area contributed by atoms with Gasteiger partial charge in [-0.3, -0.25) is 4.90 Å². The van der Waals surface area contributed by atoms with Crippen LogP contribution in [0.3, 0.4) is 0 Å². The van der Waals surface area contributed by atoms with Crippen molar-refractivity contribution in [3.63, 3.8) is 0 Å². The molecule has 2 aromatic rings. The summed E-state index contributed by atoms with van der Waals surface area (Å²) >= 11 is 0. The Bertz CT molecular complexity index is 791. The Labute approximate surface area is 153 Å². The molecule has 0 saturated carbocycles.